The third-order valence-corrected chi connectivity index (χ3v) is 2.22. The topological polar surface area (TPSA) is 140 Å². The lowest BCUT2D eigenvalue weighted by Crippen LogP contribution is -2.44. The lowest BCUT2D eigenvalue weighted by molar-refractivity contribution is -0.143. The second-order valence-corrected chi connectivity index (χ2v) is 3.73. The Hall–Kier alpha value is -2.05. The third-order valence-electron chi connectivity index (χ3n) is 2.22. The van der Waals surface area contributed by atoms with Gasteiger partial charge in [0.05, 0.1) is 12.5 Å². The molecule has 0 aliphatic rings. The Labute approximate surface area is 103 Å². The first-order chi connectivity index (χ1) is 8.42. The predicted octanol–water partition coefficient (Wildman–Crippen LogP) is -1.17. The molecule has 0 aromatic heterocycles. The Balaban J connectivity index is 4.41. The molecule has 3 N–H and O–H groups in total. The lowest BCUT2D eigenvalue weighted by atomic mass is 10.1. The van der Waals surface area contributed by atoms with Crippen molar-refractivity contribution < 1.29 is 29.4 Å². The number of rotatable bonds is 8. The molecule has 0 aromatic carbocycles. The van der Waals surface area contributed by atoms with Crippen molar-refractivity contribution in [1.82, 2.24) is 5.32 Å². The van der Waals surface area contributed by atoms with Gasteiger partial charge in [-0.3, -0.25) is 9.59 Å². The number of amides is 1. The zero-order valence-electron chi connectivity index (χ0n) is 9.87. The number of carbonyl (C=O) groups is 3. The first kappa shape index (κ1) is 16.0. The quantitative estimate of drug-likeness (QED) is 0.285. The Morgan fingerprint density at radius 2 is 2.06 bits per heavy atom. The molecule has 8 heteroatoms. The summed E-state index contributed by atoms with van der Waals surface area (Å²) in [5, 5.41) is 19.8. The van der Waals surface area contributed by atoms with Crippen LogP contribution in [-0.4, -0.2) is 51.5 Å². The van der Waals surface area contributed by atoms with Gasteiger partial charge in [-0.2, -0.15) is 4.79 Å². The van der Waals surface area contributed by atoms with Crippen molar-refractivity contribution in [2.24, 2.45) is 5.92 Å². The number of carbonyl (C=O) groups excluding carboxylic acids is 2. The largest absolute Gasteiger partial charge is 0.480 e. The Morgan fingerprint density at radius 3 is 2.50 bits per heavy atom. The average Bonchev–Trinajstić information content (AvgIpc) is 2.32. The maximum Gasteiger partial charge on any atom is 0.326 e. The van der Waals surface area contributed by atoms with Crippen molar-refractivity contribution in [2.75, 3.05) is 6.61 Å². The van der Waals surface area contributed by atoms with Crippen molar-refractivity contribution in [1.29, 1.82) is 0 Å². The van der Waals surface area contributed by atoms with Crippen LogP contribution < -0.4 is 5.32 Å². The molecule has 2 atom stereocenters. The van der Waals surface area contributed by atoms with Gasteiger partial charge in [0.2, 0.25) is 11.7 Å². The zero-order chi connectivity index (χ0) is 14.1. The van der Waals surface area contributed by atoms with Crippen molar-refractivity contribution in [2.45, 2.75) is 25.8 Å². The standard InChI is InChI=1S/C10H15N3O5/c1-6(5-14)9(16)13-8(10(17)18)3-2-7(15)4-12-11/h4,6,8,14H,2-3,5H2,1H3,(H,13,16)(H,17,18)/t6-,8-/m0/s1. The molecule has 100 valence electrons. The number of Topliss-reactive ketones (excluding diaryl/α,β-unsaturated/α-hetero) is 1. The number of carboxylic acids is 1. The molecule has 0 unspecified atom stereocenters. The summed E-state index contributed by atoms with van der Waals surface area (Å²) >= 11 is 0. The lowest BCUT2D eigenvalue weighted by Gasteiger charge is -2.15. The van der Waals surface area contributed by atoms with E-state index in [1.165, 1.54) is 6.92 Å². The fourth-order valence-corrected chi connectivity index (χ4v) is 1.07. The summed E-state index contributed by atoms with van der Waals surface area (Å²) in [7, 11) is 0. The predicted molar refractivity (Wildman–Crippen MR) is 59.7 cm³/mol. The number of aliphatic hydroxyl groups excluding tert-OH is 1. The average molecular weight is 257 g/mol. The first-order valence-corrected chi connectivity index (χ1v) is 5.26. The summed E-state index contributed by atoms with van der Waals surface area (Å²) < 4.78 is 0. The van der Waals surface area contributed by atoms with Crippen LogP contribution in [0.5, 0.6) is 0 Å². The zero-order valence-corrected chi connectivity index (χ0v) is 9.87. The van der Waals surface area contributed by atoms with Crippen LogP contribution >= 0.6 is 0 Å². The maximum absolute atomic E-state index is 11.4. The molecule has 0 rings (SSSR count). The highest BCUT2D eigenvalue weighted by molar-refractivity contribution is 6.25. The Kier molecular flexibility index (Phi) is 7.18. The summed E-state index contributed by atoms with van der Waals surface area (Å²) in [4.78, 5) is 35.7. The molecule has 0 fully saturated rings. The van der Waals surface area contributed by atoms with Crippen LogP contribution in [0.25, 0.3) is 5.53 Å². The number of aliphatic hydroxyl groups is 1. The van der Waals surface area contributed by atoms with E-state index in [9.17, 15) is 14.4 Å². The minimum Gasteiger partial charge on any atom is -0.480 e. The van der Waals surface area contributed by atoms with E-state index >= 15 is 0 Å². The number of hydrogen-bond acceptors (Lipinski definition) is 4. The SMILES string of the molecule is C[C@@H](CO)C(=O)N[C@@H](CCC(=O)C=[N+]=[N-])C(=O)O. The molecule has 0 saturated heterocycles. The van der Waals surface area contributed by atoms with Gasteiger partial charge in [-0.15, -0.1) is 0 Å². The van der Waals surface area contributed by atoms with Gasteiger partial charge < -0.3 is 21.1 Å². The van der Waals surface area contributed by atoms with Gasteiger partial charge in [0.15, 0.2) is 0 Å². The van der Waals surface area contributed by atoms with E-state index in [-0.39, 0.29) is 12.8 Å². The van der Waals surface area contributed by atoms with Crippen LogP contribution in [0.4, 0.5) is 0 Å². The number of carboxylic acid groups (broad SMARTS) is 1. The number of nitrogens with one attached hydrogen (secondary N) is 1. The molecular formula is C10H15N3O5. The molecule has 8 nitrogen and oxygen atoms in total. The highest BCUT2D eigenvalue weighted by Crippen LogP contribution is 2.01. The maximum atomic E-state index is 11.4. The van der Waals surface area contributed by atoms with Gasteiger partial charge in [-0.25, -0.2) is 4.79 Å². The summed E-state index contributed by atoms with van der Waals surface area (Å²) in [6, 6.07) is -1.22. The summed E-state index contributed by atoms with van der Waals surface area (Å²) in [5.41, 5.74) is 8.10. The Bertz CT molecular complexity index is 376. The van der Waals surface area contributed by atoms with Crippen LogP contribution in [0.15, 0.2) is 0 Å². The second kappa shape index (κ2) is 8.10. The van der Waals surface area contributed by atoms with E-state index < -0.39 is 36.2 Å². The molecule has 0 saturated carbocycles. The molecule has 0 spiro atoms. The fourth-order valence-electron chi connectivity index (χ4n) is 1.07. The molecule has 0 bridgehead atoms. The van der Waals surface area contributed by atoms with Crippen molar-refractivity contribution in [3.05, 3.63) is 5.53 Å². The van der Waals surface area contributed by atoms with Gasteiger partial charge in [0.25, 0.3) is 0 Å². The van der Waals surface area contributed by atoms with E-state index in [0.29, 0.717) is 6.21 Å². The molecule has 18 heavy (non-hydrogen) atoms. The number of hydrogen-bond donors (Lipinski definition) is 3. The fraction of sp³-hybridized carbons (Fsp3) is 0.600. The Morgan fingerprint density at radius 1 is 1.44 bits per heavy atom. The first-order valence-electron chi connectivity index (χ1n) is 5.26. The molecule has 0 heterocycles. The molecule has 1 amide bonds. The second-order valence-electron chi connectivity index (χ2n) is 3.73. The minimum atomic E-state index is -1.28. The monoisotopic (exact) mass is 257 g/mol. The van der Waals surface area contributed by atoms with Gasteiger partial charge in [-0.1, -0.05) is 6.92 Å². The van der Waals surface area contributed by atoms with Crippen LogP contribution in [0.3, 0.4) is 0 Å². The van der Waals surface area contributed by atoms with Crippen LogP contribution in [0.1, 0.15) is 19.8 Å². The van der Waals surface area contributed by atoms with Crippen LogP contribution in [0, 0.1) is 5.92 Å². The molecule has 0 aliphatic carbocycles. The third kappa shape index (κ3) is 5.88. The van der Waals surface area contributed by atoms with Gasteiger partial charge in [-0.05, 0) is 6.42 Å². The van der Waals surface area contributed by atoms with E-state index in [0.717, 1.165) is 0 Å². The highest BCUT2D eigenvalue weighted by atomic mass is 16.4. The van der Waals surface area contributed by atoms with E-state index in [1.807, 2.05) is 0 Å². The number of nitrogens with zero attached hydrogens (tertiary/aromatic N) is 2. The normalized spacial score (nSPS) is 13.0. The smallest absolute Gasteiger partial charge is 0.326 e. The molecule has 0 aromatic rings. The highest BCUT2D eigenvalue weighted by Gasteiger charge is 2.23. The summed E-state index contributed by atoms with van der Waals surface area (Å²) in [6.07, 6.45) is 0.371. The van der Waals surface area contributed by atoms with Crippen LogP contribution in [0.2, 0.25) is 0 Å². The van der Waals surface area contributed by atoms with Crippen molar-refractivity contribution in [3.8, 4) is 0 Å². The van der Waals surface area contributed by atoms with Gasteiger partial charge >= 0.3 is 12.2 Å². The van der Waals surface area contributed by atoms with Gasteiger partial charge in [0.1, 0.15) is 6.04 Å². The van der Waals surface area contributed by atoms with E-state index in [1.54, 1.807) is 0 Å². The number of aliphatic carboxylic acids is 1. The number of ketones is 1. The summed E-state index contributed by atoms with van der Waals surface area (Å²) in [5.74, 6) is -3.15. The minimum absolute atomic E-state index is 0.121. The molecule has 0 radical (unpaired) electrons. The van der Waals surface area contributed by atoms with Crippen molar-refractivity contribution >= 4 is 23.9 Å². The van der Waals surface area contributed by atoms with Crippen molar-refractivity contribution in [3.63, 3.8) is 0 Å². The van der Waals surface area contributed by atoms with E-state index in [4.69, 9.17) is 15.7 Å². The van der Waals surface area contributed by atoms with Crippen LogP contribution in [-0.2, 0) is 14.4 Å². The molecular weight excluding hydrogens is 242 g/mol. The van der Waals surface area contributed by atoms with E-state index in [2.05, 4.69) is 10.1 Å². The van der Waals surface area contributed by atoms with Gasteiger partial charge in [0, 0.05) is 6.42 Å². The molecule has 0 aliphatic heterocycles. The summed E-state index contributed by atoms with van der Waals surface area (Å²) in [6.45, 7) is 1.05.